The van der Waals surface area contributed by atoms with E-state index in [-0.39, 0.29) is 11.3 Å². The molecule has 0 aliphatic heterocycles. The first-order valence-electron chi connectivity index (χ1n) is 5.68. The summed E-state index contributed by atoms with van der Waals surface area (Å²) in [6, 6.07) is 4.13. The minimum atomic E-state index is -0.701. The van der Waals surface area contributed by atoms with Crippen molar-refractivity contribution in [1.82, 2.24) is 0 Å². The van der Waals surface area contributed by atoms with E-state index in [4.69, 9.17) is 10.00 Å². The van der Waals surface area contributed by atoms with E-state index in [9.17, 15) is 9.18 Å². The van der Waals surface area contributed by atoms with Crippen LogP contribution in [0.3, 0.4) is 0 Å². The molecule has 5 nitrogen and oxygen atoms in total. The Morgan fingerprint density at radius 1 is 1.37 bits per heavy atom. The first-order chi connectivity index (χ1) is 8.76. The average Bonchev–Trinajstić information content (AvgIpc) is 2.26. The van der Waals surface area contributed by atoms with Gasteiger partial charge in [-0.1, -0.05) is 0 Å². The summed E-state index contributed by atoms with van der Waals surface area (Å²) < 4.78 is 18.6. The van der Waals surface area contributed by atoms with Gasteiger partial charge in [0.1, 0.15) is 17.5 Å². The van der Waals surface area contributed by atoms with Gasteiger partial charge in [-0.05, 0) is 26.8 Å². The second kappa shape index (κ2) is 5.57. The molecule has 0 fully saturated rings. The van der Waals surface area contributed by atoms with Gasteiger partial charge in [0.2, 0.25) is 0 Å². The number of nitrogens with zero attached hydrogens (tertiary/aromatic N) is 1. The third-order valence-corrected chi connectivity index (χ3v) is 2.13. The molecule has 1 amide bonds. The fourth-order valence-corrected chi connectivity index (χ4v) is 1.38. The van der Waals surface area contributed by atoms with E-state index in [0.29, 0.717) is 5.69 Å². The fourth-order valence-electron chi connectivity index (χ4n) is 1.38. The highest BCUT2D eigenvalue weighted by atomic mass is 19.1. The Balaban J connectivity index is 2.99. The van der Waals surface area contributed by atoms with Gasteiger partial charge in [0.25, 0.3) is 0 Å². The van der Waals surface area contributed by atoms with Crippen LogP contribution < -0.4 is 10.6 Å². The molecule has 102 valence electrons. The van der Waals surface area contributed by atoms with Gasteiger partial charge in [-0.3, -0.25) is 5.32 Å². The van der Waals surface area contributed by atoms with E-state index < -0.39 is 17.5 Å². The van der Waals surface area contributed by atoms with E-state index in [1.165, 1.54) is 6.07 Å². The summed E-state index contributed by atoms with van der Waals surface area (Å²) in [4.78, 5) is 11.6. The van der Waals surface area contributed by atoms with Crippen molar-refractivity contribution in [3.05, 3.63) is 23.5 Å². The van der Waals surface area contributed by atoms with E-state index in [1.54, 1.807) is 33.9 Å². The number of hydrogen-bond acceptors (Lipinski definition) is 4. The van der Waals surface area contributed by atoms with Crippen molar-refractivity contribution in [3.8, 4) is 6.07 Å². The molecule has 0 aliphatic rings. The molecule has 0 aliphatic carbocycles. The number of nitriles is 1. The number of nitrogens with one attached hydrogen (secondary N) is 2. The number of amides is 1. The number of rotatable bonds is 2. The van der Waals surface area contributed by atoms with Gasteiger partial charge in [-0.15, -0.1) is 0 Å². The van der Waals surface area contributed by atoms with Gasteiger partial charge in [0.05, 0.1) is 16.9 Å². The molecule has 2 N–H and O–H groups in total. The minimum Gasteiger partial charge on any atom is -0.444 e. The number of ether oxygens (including phenoxy) is 1. The summed E-state index contributed by atoms with van der Waals surface area (Å²) >= 11 is 0. The molecule has 0 spiro atoms. The number of halogens is 1. The number of carbonyl (C=O) groups is 1. The molecule has 19 heavy (non-hydrogen) atoms. The van der Waals surface area contributed by atoms with E-state index in [1.807, 2.05) is 0 Å². The normalized spacial score (nSPS) is 10.5. The maximum atomic E-state index is 13.5. The number of carbonyl (C=O) groups excluding carboxylic acids is 1. The SMILES string of the molecule is CNc1cc(C#N)c(F)cc1NC(=O)OC(C)(C)C. The third-order valence-electron chi connectivity index (χ3n) is 2.13. The van der Waals surface area contributed by atoms with Crippen LogP contribution >= 0.6 is 0 Å². The lowest BCUT2D eigenvalue weighted by Crippen LogP contribution is -2.27. The monoisotopic (exact) mass is 265 g/mol. The molecule has 0 bridgehead atoms. The smallest absolute Gasteiger partial charge is 0.412 e. The van der Waals surface area contributed by atoms with Crippen molar-refractivity contribution < 1.29 is 13.9 Å². The van der Waals surface area contributed by atoms with Crippen LogP contribution in [0.25, 0.3) is 0 Å². The number of hydrogen-bond donors (Lipinski definition) is 2. The van der Waals surface area contributed by atoms with Crippen LogP contribution in [-0.4, -0.2) is 18.7 Å². The topological polar surface area (TPSA) is 74.2 Å². The molecule has 6 heteroatoms. The van der Waals surface area contributed by atoms with Gasteiger partial charge in [-0.2, -0.15) is 5.26 Å². The molecule has 0 unspecified atom stereocenters. The molecule has 1 rings (SSSR count). The van der Waals surface area contributed by atoms with Crippen molar-refractivity contribution >= 4 is 17.5 Å². The van der Waals surface area contributed by atoms with Crippen molar-refractivity contribution in [3.63, 3.8) is 0 Å². The Hall–Kier alpha value is -2.29. The molecule has 0 radical (unpaired) electrons. The van der Waals surface area contributed by atoms with Crippen molar-refractivity contribution in [2.24, 2.45) is 0 Å². The van der Waals surface area contributed by atoms with Crippen molar-refractivity contribution in [1.29, 1.82) is 5.26 Å². The molecule has 0 atom stereocenters. The zero-order chi connectivity index (χ0) is 14.6. The Labute approximate surface area is 111 Å². The van der Waals surface area contributed by atoms with E-state index >= 15 is 0 Å². The molecule has 0 aromatic heterocycles. The lowest BCUT2D eigenvalue weighted by molar-refractivity contribution is 0.0636. The maximum absolute atomic E-state index is 13.5. The Bertz CT molecular complexity index is 530. The van der Waals surface area contributed by atoms with Crippen LogP contribution in [-0.2, 0) is 4.74 Å². The minimum absolute atomic E-state index is 0.0981. The zero-order valence-corrected chi connectivity index (χ0v) is 11.3. The summed E-state index contributed by atoms with van der Waals surface area (Å²) in [5, 5.41) is 13.9. The number of anilines is 2. The molecule has 1 aromatic rings. The van der Waals surface area contributed by atoms with Crippen LogP contribution in [0.2, 0.25) is 0 Å². The van der Waals surface area contributed by atoms with Gasteiger partial charge in [0.15, 0.2) is 0 Å². The fraction of sp³-hybridized carbons (Fsp3) is 0.385. The van der Waals surface area contributed by atoms with Gasteiger partial charge in [0, 0.05) is 13.1 Å². The largest absolute Gasteiger partial charge is 0.444 e. The van der Waals surface area contributed by atoms with Crippen molar-refractivity contribution in [2.45, 2.75) is 26.4 Å². The van der Waals surface area contributed by atoms with Crippen LogP contribution in [0.1, 0.15) is 26.3 Å². The second-order valence-electron chi connectivity index (χ2n) is 4.87. The number of benzene rings is 1. The first-order valence-corrected chi connectivity index (χ1v) is 5.68. The zero-order valence-electron chi connectivity index (χ0n) is 11.3. The van der Waals surface area contributed by atoms with Crippen LogP contribution in [0.4, 0.5) is 20.6 Å². The Morgan fingerprint density at radius 3 is 2.47 bits per heavy atom. The third kappa shape index (κ3) is 4.14. The average molecular weight is 265 g/mol. The van der Waals surface area contributed by atoms with Crippen LogP contribution in [0, 0.1) is 17.1 Å². The van der Waals surface area contributed by atoms with Gasteiger partial charge in [-0.25, -0.2) is 9.18 Å². The summed E-state index contributed by atoms with van der Waals surface area (Å²) in [5.41, 5.74) is -0.0918. The predicted molar refractivity (Wildman–Crippen MR) is 70.5 cm³/mol. The van der Waals surface area contributed by atoms with Crippen LogP contribution in [0.15, 0.2) is 12.1 Å². The lowest BCUT2D eigenvalue weighted by Gasteiger charge is -2.20. The quantitative estimate of drug-likeness (QED) is 0.861. The standard InChI is InChI=1S/C13H16FN3O2/c1-13(2,3)19-12(18)17-11-6-9(14)8(7-15)5-10(11)16-4/h5-6,16H,1-4H3,(H,17,18). The molecule has 1 aromatic carbocycles. The Morgan fingerprint density at radius 2 is 2.00 bits per heavy atom. The predicted octanol–water partition coefficient (Wildman–Crippen LogP) is 3.09. The highest BCUT2D eigenvalue weighted by Crippen LogP contribution is 2.25. The van der Waals surface area contributed by atoms with Crippen LogP contribution in [0.5, 0.6) is 0 Å². The maximum Gasteiger partial charge on any atom is 0.412 e. The van der Waals surface area contributed by atoms with Gasteiger partial charge >= 0.3 is 6.09 Å². The summed E-state index contributed by atoms with van der Waals surface area (Å²) in [7, 11) is 1.61. The molecular formula is C13H16FN3O2. The molecule has 0 heterocycles. The highest BCUT2D eigenvalue weighted by Gasteiger charge is 2.18. The summed E-state index contributed by atoms with van der Waals surface area (Å²) in [6.45, 7) is 5.18. The molecule has 0 saturated carbocycles. The highest BCUT2D eigenvalue weighted by molar-refractivity contribution is 5.90. The lowest BCUT2D eigenvalue weighted by atomic mass is 10.1. The first kappa shape index (κ1) is 14.8. The summed E-state index contributed by atoms with van der Waals surface area (Å²) in [5.74, 6) is -0.701. The second-order valence-corrected chi connectivity index (χ2v) is 4.87. The van der Waals surface area contributed by atoms with Gasteiger partial charge < -0.3 is 10.1 Å². The van der Waals surface area contributed by atoms with E-state index in [0.717, 1.165) is 6.07 Å². The Kier molecular flexibility index (Phi) is 4.33. The van der Waals surface area contributed by atoms with Crippen molar-refractivity contribution in [2.75, 3.05) is 17.7 Å². The van der Waals surface area contributed by atoms with E-state index in [2.05, 4.69) is 10.6 Å². The molecular weight excluding hydrogens is 249 g/mol. The molecule has 0 saturated heterocycles. The summed E-state index contributed by atoms with van der Waals surface area (Å²) in [6.07, 6.45) is -0.687.